The molecule has 0 amide bonds. The van der Waals surface area contributed by atoms with Crippen molar-refractivity contribution in [3.8, 4) is 0 Å². The SMILES string of the molecule is CC(Cn1ccnc1)Nc1nnc(Cl)c2ccccc12. The largest absolute Gasteiger partial charge is 0.364 e. The smallest absolute Gasteiger partial charge is 0.159 e. The second-order valence-electron chi connectivity index (χ2n) is 4.69. The molecule has 1 aromatic carbocycles. The predicted molar refractivity (Wildman–Crippen MR) is 79.9 cm³/mol. The van der Waals surface area contributed by atoms with E-state index in [9.17, 15) is 0 Å². The summed E-state index contributed by atoms with van der Waals surface area (Å²) in [5.41, 5.74) is 0. The number of rotatable bonds is 4. The zero-order chi connectivity index (χ0) is 13.9. The molecule has 0 aliphatic carbocycles. The van der Waals surface area contributed by atoms with Crippen LogP contribution in [0.4, 0.5) is 5.82 Å². The van der Waals surface area contributed by atoms with Crippen molar-refractivity contribution in [2.75, 3.05) is 5.32 Å². The summed E-state index contributed by atoms with van der Waals surface area (Å²) < 4.78 is 2.02. The molecule has 5 nitrogen and oxygen atoms in total. The van der Waals surface area contributed by atoms with Gasteiger partial charge in [0.05, 0.1) is 6.33 Å². The normalized spacial score (nSPS) is 12.5. The molecule has 1 atom stereocenters. The van der Waals surface area contributed by atoms with Gasteiger partial charge in [-0.3, -0.25) is 0 Å². The van der Waals surface area contributed by atoms with E-state index in [-0.39, 0.29) is 6.04 Å². The van der Waals surface area contributed by atoms with Gasteiger partial charge in [0.1, 0.15) is 0 Å². The lowest BCUT2D eigenvalue weighted by Gasteiger charge is -2.16. The summed E-state index contributed by atoms with van der Waals surface area (Å²) in [7, 11) is 0. The number of halogens is 1. The molecule has 0 aliphatic rings. The van der Waals surface area contributed by atoms with Crippen LogP contribution < -0.4 is 5.32 Å². The van der Waals surface area contributed by atoms with Gasteiger partial charge in [0.15, 0.2) is 11.0 Å². The molecule has 0 bridgehead atoms. The van der Waals surface area contributed by atoms with E-state index < -0.39 is 0 Å². The van der Waals surface area contributed by atoms with E-state index in [0.29, 0.717) is 5.15 Å². The van der Waals surface area contributed by atoms with Gasteiger partial charge in [0.2, 0.25) is 0 Å². The minimum Gasteiger partial charge on any atom is -0.364 e. The highest BCUT2D eigenvalue weighted by Crippen LogP contribution is 2.25. The molecule has 0 saturated carbocycles. The zero-order valence-electron chi connectivity index (χ0n) is 11.0. The molecule has 0 spiro atoms. The molecule has 2 heterocycles. The number of nitrogens with zero attached hydrogens (tertiary/aromatic N) is 4. The van der Waals surface area contributed by atoms with Crippen molar-refractivity contribution in [3.63, 3.8) is 0 Å². The topological polar surface area (TPSA) is 55.6 Å². The summed E-state index contributed by atoms with van der Waals surface area (Å²) in [5, 5.41) is 13.8. The number of hydrogen-bond donors (Lipinski definition) is 1. The van der Waals surface area contributed by atoms with Crippen LogP contribution in [0.1, 0.15) is 6.92 Å². The first kappa shape index (κ1) is 12.9. The molecular weight excluding hydrogens is 274 g/mol. The minimum absolute atomic E-state index is 0.197. The molecule has 1 N–H and O–H groups in total. The van der Waals surface area contributed by atoms with Crippen molar-refractivity contribution in [2.45, 2.75) is 19.5 Å². The summed E-state index contributed by atoms with van der Waals surface area (Å²) >= 11 is 6.07. The molecule has 0 radical (unpaired) electrons. The maximum absolute atomic E-state index is 6.07. The first-order valence-electron chi connectivity index (χ1n) is 6.37. The average Bonchev–Trinajstić information content (AvgIpc) is 2.95. The molecule has 2 aromatic heterocycles. The van der Waals surface area contributed by atoms with Gasteiger partial charge in [-0.25, -0.2) is 4.98 Å². The Morgan fingerprint density at radius 2 is 2.05 bits per heavy atom. The Morgan fingerprint density at radius 1 is 1.25 bits per heavy atom. The van der Waals surface area contributed by atoms with Gasteiger partial charge >= 0.3 is 0 Å². The summed E-state index contributed by atoms with van der Waals surface area (Å²) in [6.07, 6.45) is 5.50. The van der Waals surface area contributed by atoms with Crippen LogP contribution in [0.25, 0.3) is 10.8 Å². The van der Waals surface area contributed by atoms with Gasteiger partial charge in [0.25, 0.3) is 0 Å². The van der Waals surface area contributed by atoms with Crippen molar-refractivity contribution in [2.24, 2.45) is 0 Å². The summed E-state index contributed by atoms with van der Waals surface area (Å²) in [4.78, 5) is 4.03. The van der Waals surface area contributed by atoms with Crippen LogP contribution >= 0.6 is 11.6 Å². The van der Waals surface area contributed by atoms with Crippen molar-refractivity contribution >= 4 is 28.2 Å². The van der Waals surface area contributed by atoms with Crippen molar-refractivity contribution < 1.29 is 0 Å². The molecule has 1 unspecified atom stereocenters. The Bertz CT molecular complexity index is 711. The zero-order valence-corrected chi connectivity index (χ0v) is 11.7. The molecule has 3 aromatic rings. The van der Waals surface area contributed by atoms with Gasteiger partial charge in [0, 0.05) is 35.8 Å². The molecule has 0 fully saturated rings. The number of benzene rings is 1. The molecule has 102 valence electrons. The van der Waals surface area contributed by atoms with E-state index in [4.69, 9.17) is 11.6 Å². The van der Waals surface area contributed by atoms with Crippen LogP contribution in [0.2, 0.25) is 5.15 Å². The fraction of sp³-hybridized carbons (Fsp3) is 0.214. The fourth-order valence-corrected chi connectivity index (χ4v) is 2.37. The van der Waals surface area contributed by atoms with Gasteiger partial charge in [-0.1, -0.05) is 35.9 Å². The lowest BCUT2D eigenvalue weighted by Crippen LogP contribution is -2.22. The maximum Gasteiger partial charge on any atom is 0.159 e. The molecule has 0 aliphatic heterocycles. The summed E-state index contributed by atoms with van der Waals surface area (Å²) in [6.45, 7) is 2.89. The predicted octanol–water partition coefficient (Wildman–Crippen LogP) is 2.98. The second-order valence-corrected chi connectivity index (χ2v) is 5.05. The van der Waals surface area contributed by atoms with Crippen LogP contribution in [-0.4, -0.2) is 25.8 Å². The third-order valence-electron chi connectivity index (χ3n) is 3.07. The molecule has 3 rings (SSSR count). The van der Waals surface area contributed by atoms with Crippen molar-refractivity contribution in [3.05, 3.63) is 48.1 Å². The lowest BCUT2D eigenvalue weighted by atomic mass is 10.2. The van der Waals surface area contributed by atoms with Crippen LogP contribution in [0.15, 0.2) is 43.0 Å². The number of fused-ring (bicyclic) bond motifs is 1. The van der Waals surface area contributed by atoms with Gasteiger partial charge < -0.3 is 9.88 Å². The van der Waals surface area contributed by atoms with E-state index in [1.54, 1.807) is 12.5 Å². The Kier molecular flexibility index (Phi) is 3.52. The van der Waals surface area contributed by atoms with Gasteiger partial charge in [-0.2, -0.15) is 0 Å². The Morgan fingerprint density at radius 3 is 2.80 bits per heavy atom. The highest BCUT2D eigenvalue weighted by molar-refractivity contribution is 6.34. The van der Waals surface area contributed by atoms with Crippen LogP contribution in [-0.2, 0) is 6.54 Å². The molecule has 20 heavy (non-hydrogen) atoms. The van der Waals surface area contributed by atoms with E-state index in [1.165, 1.54) is 0 Å². The number of imidazole rings is 1. The number of aromatic nitrogens is 4. The third-order valence-corrected chi connectivity index (χ3v) is 3.35. The van der Waals surface area contributed by atoms with Gasteiger partial charge in [-0.15, -0.1) is 10.2 Å². The van der Waals surface area contributed by atoms with Gasteiger partial charge in [-0.05, 0) is 6.92 Å². The standard InChI is InChI=1S/C14H14ClN5/c1-10(8-20-7-6-16-9-20)17-14-12-5-3-2-4-11(12)13(15)18-19-14/h2-7,9-10H,8H2,1H3,(H,17,19). The first-order valence-corrected chi connectivity index (χ1v) is 6.75. The Labute approximate surface area is 121 Å². The average molecular weight is 288 g/mol. The molecule has 6 heteroatoms. The Hall–Kier alpha value is -2.14. The fourth-order valence-electron chi connectivity index (χ4n) is 2.17. The highest BCUT2D eigenvalue weighted by atomic mass is 35.5. The summed E-state index contributed by atoms with van der Waals surface area (Å²) in [6, 6.07) is 8.03. The molecular formula is C14H14ClN5. The Balaban J connectivity index is 1.85. The quantitative estimate of drug-likeness (QED) is 0.801. The van der Waals surface area contributed by atoms with E-state index in [0.717, 1.165) is 23.1 Å². The number of nitrogens with one attached hydrogen (secondary N) is 1. The van der Waals surface area contributed by atoms with E-state index in [1.807, 2.05) is 35.0 Å². The lowest BCUT2D eigenvalue weighted by molar-refractivity contribution is 0.616. The van der Waals surface area contributed by atoms with E-state index >= 15 is 0 Å². The number of hydrogen-bond acceptors (Lipinski definition) is 4. The van der Waals surface area contributed by atoms with Crippen molar-refractivity contribution in [1.29, 1.82) is 0 Å². The highest BCUT2D eigenvalue weighted by Gasteiger charge is 2.10. The molecule has 0 saturated heterocycles. The van der Waals surface area contributed by atoms with Crippen LogP contribution in [0.5, 0.6) is 0 Å². The van der Waals surface area contributed by atoms with Crippen molar-refractivity contribution in [1.82, 2.24) is 19.7 Å². The summed E-state index contributed by atoms with van der Waals surface area (Å²) in [5.74, 6) is 0.748. The second kappa shape index (κ2) is 5.46. The van der Waals surface area contributed by atoms with Crippen LogP contribution in [0, 0.1) is 0 Å². The maximum atomic E-state index is 6.07. The third kappa shape index (κ3) is 2.58. The minimum atomic E-state index is 0.197. The first-order chi connectivity index (χ1) is 9.74. The van der Waals surface area contributed by atoms with Crippen LogP contribution in [0.3, 0.4) is 0 Å². The number of anilines is 1. The monoisotopic (exact) mass is 287 g/mol. The van der Waals surface area contributed by atoms with E-state index in [2.05, 4.69) is 27.4 Å².